The summed E-state index contributed by atoms with van der Waals surface area (Å²) in [6, 6.07) is 9.35. The fraction of sp³-hybridized carbons (Fsp3) is 0.350. The van der Waals surface area contributed by atoms with Gasteiger partial charge in [-0.3, -0.25) is 4.79 Å². The van der Waals surface area contributed by atoms with Crippen LogP contribution >= 0.6 is 0 Å². The molecule has 7 nitrogen and oxygen atoms in total. The summed E-state index contributed by atoms with van der Waals surface area (Å²) < 4.78 is 46.2. The number of aryl methyl sites for hydroxylation is 1. The third-order valence-corrected chi connectivity index (χ3v) is 6.10. The Balaban J connectivity index is 0.00000132. The Labute approximate surface area is 171 Å². The summed E-state index contributed by atoms with van der Waals surface area (Å²) in [4.78, 5) is 10.3. The van der Waals surface area contributed by atoms with Gasteiger partial charge in [0, 0.05) is 20.1 Å². The van der Waals surface area contributed by atoms with Crippen LogP contribution in [0.4, 0.5) is 4.39 Å². The largest absolute Gasteiger partial charge is 0.495 e. The van der Waals surface area contributed by atoms with Crippen molar-refractivity contribution in [1.29, 1.82) is 0 Å². The van der Waals surface area contributed by atoms with Gasteiger partial charge >= 0.3 is 0 Å². The number of sulfonamides is 1. The molecule has 0 saturated carbocycles. The Morgan fingerprint density at radius 3 is 2.28 bits per heavy atom. The van der Waals surface area contributed by atoms with E-state index in [-0.39, 0.29) is 22.9 Å². The lowest BCUT2D eigenvalue weighted by Crippen LogP contribution is -2.33. The number of benzene rings is 2. The van der Waals surface area contributed by atoms with Crippen molar-refractivity contribution < 1.29 is 27.4 Å². The lowest BCUT2D eigenvalue weighted by molar-refractivity contribution is -0.122. The van der Waals surface area contributed by atoms with Crippen LogP contribution in [0.3, 0.4) is 0 Å². The zero-order valence-electron chi connectivity index (χ0n) is 17.2. The Morgan fingerprint density at radius 1 is 1.10 bits per heavy atom. The smallest absolute Gasteiger partial charge is 0.290 e. The Kier molecular flexibility index (Phi) is 9.22. The van der Waals surface area contributed by atoms with E-state index >= 15 is 0 Å². The molecule has 29 heavy (non-hydrogen) atoms. The number of carboxylic acid groups (broad SMARTS) is 1. The van der Waals surface area contributed by atoms with E-state index in [1.54, 1.807) is 31.3 Å². The van der Waals surface area contributed by atoms with Gasteiger partial charge in [-0.25, -0.2) is 12.8 Å². The predicted molar refractivity (Wildman–Crippen MR) is 110 cm³/mol. The molecule has 0 aromatic heterocycles. The fourth-order valence-electron chi connectivity index (χ4n) is 2.58. The van der Waals surface area contributed by atoms with Gasteiger partial charge in [0.1, 0.15) is 16.5 Å². The molecule has 0 fully saturated rings. The highest BCUT2D eigenvalue weighted by molar-refractivity contribution is 7.89. The minimum absolute atomic E-state index is 0.0717. The molecule has 0 aliphatic rings. The number of nitrogens with zero attached hydrogens (tertiary/aromatic N) is 2. The summed E-state index contributed by atoms with van der Waals surface area (Å²) in [7, 11) is 3.00. The van der Waals surface area contributed by atoms with Crippen molar-refractivity contribution in [3.8, 4) is 16.9 Å². The molecule has 2 aromatic carbocycles. The maximum absolute atomic E-state index is 13.7. The number of carbonyl (C=O) groups is 1. The number of ether oxygens (including phenoxy) is 1. The van der Waals surface area contributed by atoms with Gasteiger partial charge in [0.15, 0.2) is 0 Å². The number of rotatable bonds is 7. The van der Waals surface area contributed by atoms with Crippen molar-refractivity contribution in [3.63, 3.8) is 0 Å². The molecular weight excluding hydrogens is 399 g/mol. The van der Waals surface area contributed by atoms with Crippen LogP contribution in [0.2, 0.25) is 0 Å². The van der Waals surface area contributed by atoms with Crippen LogP contribution in [0.15, 0.2) is 41.3 Å². The molecule has 0 radical (unpaired) electrons. The average molecular weight is 427 g/mol. The third kappa shape index (κ3) is 6.52. The van der Waals surface area contributed by atoms with E-state index in [1.807, 2.05) is 25.9 Å². The van der Waals surface area contributed by atoms with Crippen LogP contribution in [0, 0.1) is 12.7 Å². The summed E-state index contributed by atoms with van der Waals surface area (Å²) in [5.41, 5.74) is 2.14. The first kappa shape index (κ1) is 24.5. The van der Waals surface area contributed by atoms with E-state index in [9.17, 15) is 12.8 Å². The van der Waals surface area contributed by atoms with Crippen molar-refractivity contribution in [3.05, 3.63) is 47.8 Å². The van der Waals surface area contributed by atoms with Gasteiger partial charge in [0.2, 0.25) is 10.0 Å². The van der Waals surface area contributed by atoms with E-state index in [4.69, 9.17) is 14.6 Å². The normalized spacial score (nSPS) is 11.2. The predicted octanol–water partition coefficient (Wildman–Crippen LogP) is 2.69. The van der Waals surface area contributed by atoms with Crippen LogP contribution < -0.4 is 4.74 Å². The molecule has 2 aromatic rings. The highest BCUT2D eigenvalue weighted by Crippen LogP contribution is 2.33. The molecule has 160 valence electrons. The van der Waals surface area contributed by atoms with Crippen LogP contribution in [0.5, 0.6) is 5.75 Å². The van der Waals surface area contributed by atoms with E-state index in [1.165, 1.54) is 23.5 Å². The molecule has 0 spiro atoms. The van der Waals surface area contributed by atoms with Gasteiger partial charge in [-0.15, -0.1) is 0 Å². The fourth-order valence-corrected chi connectivity index (χ4v) is 3.92. The van der Waals surface area contributed by atoms with Crippen molar-refractivity contribution in [2.75, 3.05) is 41.3 Å². The van der Waals surface area contributed by atoms with Gasteiger partial charge in [-0.05, 0) is 62.0 Å². The van der Waals surface area contributed by atoms with Crippen LogP contribution in [-0.2, 0) is 14.8 Å². The van der Waals surface area contributed by atoms with Gasteiger partial charge in [-0.1, -0.05) is 12.1 Å². The number of hydrogen-bond acceptors (Lipinski definition) is 5. The van der Waals surface area contributed by atoms with Gasteiger partial charge in [-0.2, -0.15) is 4.31 Å². The SMILES string of the molecule is COc1ccc(-c2cc(F)ccc2C)cc1S(=O)(=O)N(C)CCN(C)C.O=CO. The first-order valence-electron chi connectivity index (χ1n) is 8.72. The Morgan fingerprint density at radius 2 is 1.72 bits per heavy atom. The number of halogens is 1. The van der Waals surface area contributed by atoms with E-state index in [0.29, 0.717) is 24.2 Å². The van der Waals surface area contributed by atoms with E-state index in [2.05, 4.69) is 0 Å². The second-order valence-electron chi connectivity index (χ2n) is 6.56. The first-order chi connectivity index (χ1) is 13.6. The number of methoxy groups -OCH3 is 1. The van der Waals surface area contributed by atoms with Gasteiger partial charge in [0.05, 0.1) is 7.11 Å². The Hall–Kier alpha value is -2.49. The summed E-state index contributed by atoms with van der Waals surface area (Å²) in [5, 5.41) is 6.89. The highest BCUT2D eigenvalue weighted by Gasteiger charge is 2.25. The maximum Gasteiger partial charge on any atom is 0.290 e. The summed E-state index contributed by atoms with van der Waals surface area (Å²) in [5.74, 6) is -0.103. The highest BCUT2D eigenvalue weighted by atomic mass is 32.2. The summed E-state index contributed by atoms with van der Waals surface area (Å²) >= 11 is 0. The molecule has 0 atom stereocenters. The molecule has 0 bridgehead atoms. The molecule has 2 rings (SSSR count). The first-order valence-corrected chi connectivity index (χ1v) is 10.2. The third-order valence-electron chi connectivity index (χ3n) is 4.22. The van der Waals surface area contributed by atoms with E-state index < -0.39 is 10.0 Å². The van der Waals surface area contributed by atoms with Gasteiger partial charge < -0.3 is 14.7 Å². The minimum Gasteiger partial charge on any atom is -0.495 e. The molecule has 0 amide bonds. The van der Waals surface area contributed by atoms with Crippen LogP contribution in [0.25, 0.3) is 11.1 Å². The zero-order valence-corrected chi connectivity index (χ0v) is 18.0. The van der Waals surface area contributed by atoms with Gasteiger partial charge in [0.25, 0.3) is 6.47 Å². The van der Waals surface area contributed by atoms with Crippen molar-refractivity contribution in [1.82, 2.24) is 9.21 Å². The van der Waals surface area contributed by atoms with Crippen LogP contribution in [-0.4, -0.2) is 70.5 Å². The standard InChI is InChI=1S/C19H25FN2O3S.CH2O2/c1-14-6-8-16(20)13-17(14)15-7-9-18(25-5)19(12-15)26(23,24)22(4)11-10-21(2)3;2-1-3/h6-9,12-13H,10-11H2,1-5H3;1H,(H,2,3). The monoisotopic (exact) mass is 426 g/mol. The summed E-state index contributed by atoms with van der Waals surface area (Å²) in [6.07, 6.45) is 0. The topological polar surface area (TPSA) is 87.2 Å². The molecule has 1 N–H and O–H groups in total. The molecule has 0 unspecified atom stereocenters. The Bertz CT molecular complexity index is 932. The molecule has 0 aliphatic carbocycles. The zero-order chi connectivity index (χ0) is 22.2. The lowest BCUT2D eigenvalue weighted by atomic mass is 10.0. The number of hydrogen-bond donors (Lipinski definition) is 1. The second kappa shape index (κ2) is 10.9. The summed E-state index contributed by atoms with van der Waals surface area (Å²) in [6.45, 7) is 2.55. The minimum atomic E-state index is -3.74. The van der Waals surface area contributed by atoms with Crippen molar-refractivity contribution in [2.24, 2.45) is 0 Å². The second-order valence-corrected chi connectivity index (χ2v) is 8.57. The average Bonchev–Trinajstić information content (AvgIpc) is 2.68. The molecule has 9 heteroatoms. The van der Waals surface area contributed by atoms with E-state index in [0.717, 1.165) is 5.56 Å². The molecule has 0 aliphatic heterocycles. The number of likely N-dealkylation sites (N-methyl/N-ethyl adjacent to an activating group) is 2. The quantitative estimate of drug-likeness (QED) is 0.685. The maximum atomic E-state index is 13.7. The van der Waals surface area contributed by atoms with Crippen molar-refractivity contribution in [2.45, 2.75) is 11.8 Å². The molecule has 0 saturated heterocycles. The molecular formula is C20H27FN2O5S. The molecule has 0 heterocycles. The van der Waals surface area contributed by atoms with Crippen LogP contribution in [0.1, 0.15) is 5.56 Å². The lowest BCUT2D eigenvalue weighted by Gasteiger charge is -2.21. The van der Waals surface area contributed by atoms with Crippen molar-refractivity contribution >= 4 is 16.5 Å².